The highest BCUT2D eigenvalue weighted by molar-refractivity contribution is 7.16. The number of non-ortho nitro benzene ring substituents is 1. The van der Waals surface area contributed by atoms with E-state index in [0.29, 0.717) is 11.2 Å². The molecule has 9 heteroatoms. The number of benzene rings is 2. The number of nitro groups is 1. The van der Waals surface area contributed by atoms with E-state index >= 15 is 0 Å². The fourth-order valence-electron chi connectivity index (χ4n) is 2.87. The van der Waals surface area contributed by atoms with Gasteiger partial charge < -0.3 is 9.30 Å². The smallest absolute Gasteiger partial charge is 0.328 e. The number of carbonyl (C=O) groups is 2. The standard InChI is InChI=1S/C19H17N3O5S/c1-3-14(18(24)27-2)21-15-9-4-5-10-16(15)28-19(21)20-17(23)12-7-6-8-13(11-12)22(25)26/h4-11,14H,3H2,1-2H3. The summed E-state index contributed by atoms with van der Waals surface area (Å²) >= 11 is 1.26. The molecule has 3 rings (SSSR count). The number of hydrogen-bond donors (Lipinski definition) is 0. The Labute approximate surface area is 163 Å². The molecule has 1 unspecified atom stereocenters. The van der Waals surface area contributed by atoms with Crippen LogP contribution in [0.4, 0.5) is 5.69 Å². The van der Waals surface area contributed by atoms with Gasteiger partial charge in [-0.15, -0.1) is 0 Å². The van der Waals surface area contributed by atoms with Crippen LogP contribution in [0.1, 0.15) is 29.7 Å². The van der Waals surface area contributed by atoms with E-state index < -0.39 is 22.8 Å². The van der Waals surface area contributed by atoms with Crippen LogP contribution in [0, 0.1) is 10.1 Å². The summed E-state index contributed by atoms with van der Waals surface area (Å²) in [4.78, 5) is 39.8. The third-order valence-corrected chi connectivity index (χ3v) is 5.24. The number of nitrogens with zero attached hydrogens (tertiary/aromatic N) is 3. The van der Waals surface area contributed by atoms with Gasteiger partial charge in [-0.2, -0.15) is 4.99 Å². The minimum absolute atomic E-state index is 0.101. The number of esters is 1. The average Bonchev–Trinajstić information content (AvgIpc) is 3.06. The summed E-state index contributed by atoms with van der Waals surface area (Å²) in [5.41, 5.74) is 0.672. The number of amides is 1. The van der Waals surface area contributed by atoms with Crippen LogP contribution in [-0.2, 0) is 9.53 Å². The van der Waals surface area contributed by atoms with E-state index in [9.17, 15) is 19.7 Å². The normalized spacial score (nSPS) is 12.7. The summed E-state index contributed by atoms with van der Waals surface area (Å²) in [5, 5.41) is 11.0. The Bertz CT molecular complexity index is 1130. The Morgan fingerprint density at radius 3 is 2.68 bits per heavy atom. The van der Waals surface area contributed by atoms with Gasteiger partial charge in [-0.1, -0.05) is 36.5 Å². The van der Waals surface area contributed by atoms with E-state index in [1.165, 1.54) is 42.7 Å². The van der Waals surface area contributed by atoms with Crippen LogP contribution >= 0.6 is 11.3 Å². The fraction of sp³-hybridized carbons (Fsp3) is 0.211. The number of fused-ring (bicyclic) bond motifs is 1. The molecule has 0 aliphatic carbocycles. The van der Waals surface area contributed by atoms with Gasteiger partial charge in [0.1, 0.15) is 6.04 Å². The van der Waals surface area contributed by atoms with Gasteiger partial charge in [0.2, 0.25) is 0 Å². The third-order valence-electron chi connectivity index (χ3n) is 4.20. The number of thiazole rings is 1. The molecule has 0 saturated carbocycles. The minimum atomic E-state index is -0.641. The number of hydrogen-bond acceptors (Lipinski definition) is 6. The Balaban J connectivity index is 2.18. The SMILES string of the molecule is CCC(C(=O)OC)n1c(=NC(=O)c2cccc([N+](=O)[O-])c2)sc2ccccc21. The fourth-order valence-corrected chi connectivity index (χ4v) is 3.93. The first-order valence-corrected chi connectivity index (χ1v) is 9.29. The summed E-state index contributed by atoms with van der Waals surface area (Å²) in [5.74, 6) is -1.06. The Morgan fingerprint density at radius 1 is 1.25 bits per heavy atom. The highest BCUT2D eigenvalue weighted by Crippen LogP contribution is 2.23. The van der Waals surface area contributed by atoms with Gasteiger partial charge in [0.15, 0.2) is 4.80 Å². The maximum atomic E-state index is 12.7. The van der Waals surface area contributed by atoms with Crippen LogP contribution in [0.3, 0.4) is 0 Å². The molecule has 1 heterocycles. The molecule has 0 aliphatic heterocycles. The summed E-state index contributed by atoms with van der Waals surface area (Å²) < 4.78 is 7.44. The van der Waals surface area contributed by atoms with Crippen LogP contribution in [0.15, 0.2) is 53.5 Å². The maximum absolute atomic E-state index is 12.7. The van der Waals surface area contributed by atoms with Gasteiger partial charge in [-0.05, 0) is 24.6 Å². The van der Waals surface area contributed by atoms with Crippen LogP contribution < -0.4 is 4.80 Å². The Kier molecular flexibility index (Phi) is 5.65. The van der Waals surface area contributed by atoms with Crippen molar-refractivity contribution in [1.82, 2.24) is 4.57 Å². The molecule has 0 saturated heterocycles. The van der Waals surface area contributed by atoms with Crippen molar-refractivity contribution in [2.45, 2.75) is 19.4 Å². The summed E-state index contributed by atoms with van der Waals surface area (Å²) in [6.07, 6.45) is 0.450. The molecule has 0 N–H and O–H groups in total. The lowest BCUT2D eigenvalue weighted by molar-refractivity contribution is -0.384. The van der Waals surface area contributed by atoms with Gasteiger partial charge in [0.05, 0.1) is 22.2 Å². The molecule has 0 radical (unpaired) electrons. The predicted molar refractivity (Wildman–Crippen MR) is 104 cm³/mol. The molecule has 28 heavy (non-hydrogen) atoms. The maximum Gasteiger partial charge on any atom is 0.328 e. The van der Waals surface area contributed by atoms with E-state index in [1.54, 1.807) is 4.57 Å². The first kappa shape index (κ1) is 19.4. The molecule has 0 bridgehead atoms. The monoisotopic (exact) mass is 399 g/mol. The molecule has 0 aliphatic rings. The van der Waals surface area contributed by atoms with Gasteiger partial charge in [0, 0.05) is 17.7 Å². The van der Waals surface area contributed by atoms with Gasteiger partial charge in [-0.25, -0.2) is 4.79 Å². The first-order valence-electron chi connectivity index (χ1n) is 8.47. The third kappa shape index (κ3) is 3.70. The van der Waals surface area contributed by atoms with E-state index in [1.807, 2.05) is 31.2 Å². The molecular formula is C19H17N3O5S. The number of nitro benzene ring substituents is 1. The van der Waals surface area contributed by atoms with E-state index in [2.05, 4.69) is 4.99 Å². The second kappa shape index (κ2) is 8.13. The number of para-hydroxylation sites is 1. The topological polar surface area (TPSA) is 104 Å². The zero-order valence-electron chi connectivity index (χ0n) is 15.2. The van der Waals surface area contributed by atoms with E-state index in [0.717, 1.165) is 10.2 Å². The lowest BCUT2D eigenvalue weighted by Gasteiger charge is -2.15. The summed E-state index contributed by atoms with van der Waals surface area (Å²) in [7, 11) is 1.31. The van der Waals surface area contributed by atoms with Crippen LogP contribution in [0.25, 0.3) is 10.2 Å². The second-order valence-electron chi connectivity index (χ2n) is 5.89. The van der Waals surface area contributed by atoms with E-state index in [-0.39, 0.29) is 11.3 Å². The number of carbonyl (C=O) groups excluding carboxylic acids is 2. The van der Waals surface area contributed by atoms with Crippen molar-refractivity contribution in [2.24, 2.45) is 4.99 Å². The second-order valence-corrected chi connectivity index (χ2v) is 6.90. The van der Waals surface area contributed by atoms with Crippen LogP contribution in [0.5, 0.6) is 0 Å². The lowest BCUT2D eigenvalue weighted by atomic mass is 10.2. The molecule has 1 atom stereocenters. The van der Waals surface area contributed by atoms with Crippen LogP contribution in [-0.4, -0.2) is 28.5 Å². The molecule has 0 spiro atoms. The predicted octanol–water partition coefficient (Wildman–Crippen LogP) is 3.48. The van der Waals surface area contributed by atoms with Crippen molar-refractivity contribution < 1.29 is 19.2 Å². The summed E-state index contributed by atoms with van der Waals surface area (Å²) in [6.45, 7) is 1.84. The van der Waals surface area contributed by atoms with Crippen molar-refractivity contribution in [3.05, 3.63) is 69.0 Å². The van der Waals surface area contributed by atoms with Crippen LogP contribution in [0.2, 0.25) is 0 Å². The molecule has 1 amide bonds. The van der Waals surface area contributed by atoms with E-state index in [4.69, 9.17) is 4.74 Å². The molecule has 2 aromatic carbocycles. The van der Waals surface area contributed by atoms with Gasteiger partial charge in [0.25, 0.3) is 11.6 Å². The van der Waals surface area contributed by atoms with Crippen molar-refractivity contribution in [3.8, 4) is 0 Å². The van der Waals surface area contributed by atoms with Crippen molar-refractivity contribution >= 4 is 39.1 Å². The molecule has 0 fully saturated rings. The Morgan fingerprint density at radius 2 is 2.00 bits per heavy atom. The van der Waals surface area contributed by atoms with Crippen molar-refractivity contribution in [2.75, 3.05) is 7.11 Å². The minimum Gasteiger partial charge on any atom is -0.467 e. The molecule has 3 aromatic rings. The number of aromatic nitrogens is 1. The highest BCUT2D eigenvalue weighted by Gasteiger charge is 2.23. The number of rotatable bonds is 5. The zero-order chi connectivity index (χ0) is 20.3. The molecule has 1 aromatic heterocycles. The van der Waals surface area contributed by atoms with Crippen molar-refractivity contribution in [3.63, 3.8) is 0 Å². The van der Waals surface area contributed by atoms with Gasteiger partial charge >= 0.3 is 5.97 Å². The molecular weight excluding hydrogens is 382 g/mol. The van der Waals surface area contributed by atoms with Crippen molar-refractivity contribution in [1.29, 1.82) is 0 Å². The lowest BCUT2D eigenvalue weighted by Crippen LogP contribution is -2.28. The largest absolute Gasteiger partial charge is 0.467 e. The zero-order valence-corrected chi connectivity index (χ0v) is 16.0. The molecule has 144 valence electrons. The number of ether oxygens (including phenoxy) is 1. The molecule has 8 nitrogen and oxygen atoms in total. The average molecular weight is 399 g/mol. The van der Waals surface area contributed by atoms with Gasteiger partial charge in [-0.3, -0.25) is 14.9 Å². The quantitative estimate of drug-likeness (QED) is 0.371. The summed E-state index contributed by atoms with van der Waals surface area (Å²) in [6, 6.07) is 12.2. The number of methoxy groups -OCH3 is 1. The first-order chi connectivity index (χ1) is 13.5. The highest BCUT2D eigenvalue weighted by atomic mass is 32.1. The Hall–Kier alpha value is -3.33.